The van der Waals surface area contributed by atoms with Gasteiger partial charge < -0.3 is 116 Å². The number of amides is 9. The highest BCUT2D eigenvalue weighted by atomic mass is 33.1. The first kappa shape index (κ1) is 73.7. The van der Waals surface area contributed by atoms with Gasteiger partial charge in [-0.25, -0.2) is 0 Å². The minimum Gasteiger partial charge on any atom is -0.480 e. The number of aliphatic imine (C=N–C) groups is 5. The monoisotopic (exact) mass is 1200 g/mol. The molecular weight excluding hydrogens is 1120 g/mol. The Morgan fingerprint density at radius 1 is 0.378 bits per heavy atom. The predicted octanol–water partition coefficient (Wildman–Crippen LogP) is -9.53. The van der Waals surface area contributed by atoms with Crippen LogP contribution in [0.15, 0.2) is 25.0 Å². The summed E-state index contributed by atoms with van der Waals surface area (Å²) >= 11 is 0. The van der Waals surface area contributed by atoms with E-state index in [-0.39, 0.29) is 138 Å². The number of carbonyl (C=O) groups excluding carboxylic acids is 9. The first-order chi connectivity index (χ1) is 38.4. The van der Waals surface area contributed by atoms with Gasteiger partial charge in [-0.15, -0.1) is 0 Å². The lowest BCUT2D eigenvalue weighted by Gasteiger charge is -2.27. The highest BCUT2D eigenvalue weighted by Gasteiger charge is 2.33. The Balaban J connectivity index is 6.81. The quantitative estimate of drug-likeness (QED) is 0.0117. The Kier molecular flexibility index (Phi) is 36.7. The minimum atomic E-state index is -1.46. The van der Waals surface area contributed by atoms with Crippen molar-refractivity contribution in [2.45, 2.75) is 139 Å². The van der Waals surface area contributed by atoms with Crippen LogP contribution >= 0.6 is 21.6 Å². The summed E-state index contributed by atoms with van der Waals surface area (Å²) in [5.41, 5.74) is 65.7. The second-order valence-electron chi connectivity index (χ2n) is 18.2. The lowest BCUT2D eigenvalue weighted by molar-refractivity contribution is -0.138. The van der Waals surface area contributed by atoms with E-state index in [1.807, 2.05) is 0 Å². The number of hydrogen-bond donors (Lipinski definition) is 21. The van der Waals surface area contributed by atoms with Crippen molar-refractivity contribution in [1.29, 1.82) is 0 Å². The summed E-state index contributed by atoms with van der Waals surface area (Å²) in [6.45, 7) is 3.91. The third-order valence-corrected chi connectivity index (χ3v) is 13.4. The third-order valence-electron chi connectivity index (χ3n) is 11.0. The smallest absolute Gasteiger partial charge is 0.321 e. The Labute approximate surface area is 481 Å². The van der Waals surface area contributed by atoms with Gasteiger partial charge in [0.25, 0.3) is 0 Å². The fourth-order valence-corrected chi connectivity index (χ4v) is 9.06. The van der Waals surface area contributed by atoms with Gasteiger partial charge in [0.2, 0.25) is 53.2 Å². The van der Waals surface area contributed by atoms with E-state index in [1.165, 1.54) is 13.8 Å². The first-order valence-electron chi connectivity index (χ1n) is 25.6. The third kappa shape index (κ3) is 34.7. The number of nitrogens with one attached hydrogen (secondary N) is 8. The second kappa shape index (κ2) is 40.8. The van der Waals surface area contributed by atoms with Crippen LogP contribution in [-0.4, -0.2) is 193 Å². The van der Waals surface area contributed by atoms with Crippen molar-refractivity contribution >= 4 is 111 Å². The number of nitrogens with zero attached hydrogens (tertiary/aromatic N) is 5. The Hall–Kier alpha value is -8.29. The van der Waals surface area contributed by atoms with Crippen LogP contribution in [0.1, 0.15) is 85.0 Å². The maximum atomic E-state index is 14.3. The number of aliphatic carboxylic acids is 1. The number of carbonyl (C=O) groups is 10. The number of guanidine groups is 5. The van der Waals surface area contributed by atoms with Gasteiger partial charge in [-0.2, -0.15) is 0 Å². The van der Waals surface area contributed by atoms with Crippen LogP contribution < -0.4 is 111 Å². The van der Waals surface area contributed by atoms with Crippen LogP contribution in [0.3, 0.4) is 0 Å². The fraction of sp³-hybridized carbons (Fsp3) is 0.659. The molecule has 0 fully saturated rings. The zero-order valence-corrected chi connectivity index (χ0v) is 47.9. The van der Waals surface area contributed by atoms with Gasteiger partial charge in [-0.1, -0.05) is 21.6 Å². The first-order valence-corrected chi connectivity index (χ1v) is 28.1. The van der Waals surface area contributed by atoms with Gasteiger partial charge in [0.15, 0.2) is 29.8 Å². The molecule has 0 aliphatic rings. The van der Waals surface area contributed by atoms with Crippen molar-refractivity contribution in [2.75, 3.05) is 44.2 Å². The van der Waals surface area contributed by atoms with Crippen LogP contribution in [0.4, 0.5) is 0 Å². The summed E-state index contributed by atoms with van der Waals surface area (Å²) in [6.07, 6.45) is 0.246. The number of carboxylic acid groups (broad SMARTS) is 1. The van der Waals surface area contributed by atoms with Crippen molar-refractivity contribution in [3.05, 3.63) is 0 Å². The maximum absolute atomic E-state index is 14.3. The molecule has 0 unspecified atom stereocenters. The number of primary amides is 1. The summed E-state index contributed by atoms with van der Waals surface area (Å²) in [7, 11) is 2.10. The summed E-state index contributed by atoms with van der Waals surface area (Å²) in [4.78, 5) is 152. The topological polar surface area (TPSA) is 661 Å². The molecule has 0 aromatic rings. The largest absolute Gasteiger partial charge is 0.480 e. The molecule has 0 radical (unpaired) electrons. The van der Waals surface area contributed by atoms with Crippen molar-refractivity contribution < 1.29 is 53.1 Å². The molecule has 36 nitrogen and oxygen atoms in total. The predicted molar refractivity (Wildman–Crippen MR) is 312 cm³/mol. The number of rotatable bonds is 42. The van der Waals surface area contributed by atoms with Crippen LogP contribution in [0.25, 0.3) is 0 Å². The number of nitrogens with two attached hydrogens (primary N) is 12. The van der Waals surface area contributed by atoms with Crippen molar-refractivity contribution in [1.82, 2.24) is 42.5 Å². The van der Waals surface area contributed by atoms with E-state index in [9.17, 15) is 47.9 Å². The molecule has 0 aliphatic heterocycles. The average molecular weight is 1200 g/mol. The number of hydrogen-bond acceptors (Lipinski definition) is 18. The zero-order chi connectivity index (χ0) is 62.5. The SMILES string of the molecule is CC(=O)N[C@H](CSSC[C@H](N)C(=O)O)C(=O)N[C@H](C)C(=O)N[C@H](CCCN=C(N)N)C(=O)N[C@H](CCCN=C(N)N)C(=O)N[C@H](CCCN=C(N)N)C(=O)N[C@H](C)C(=O)N[C@H](CCCN=C(N)N)C(=O)N[C@H](CCCN=C(N)N)C(N)=O. The molecule has 9 atom stereocenters. The van der Waals surface area contributed by atoms with Gasteiger partial charge >= 0.3 is 5.97 Å². The summed E-state index contributed by atoms with van der Waals surface area (Å²) < 4.78 is 0. The van der Waals surface area contributed by atoms with E-state index in [0.717, 1.165) is 28.5 Å². The van der Waals surface area contributed by atoms with E-state index in [4.69, 9.17) is 73.9 Å². The zero-order valence-electron chi connectivity index (χ0n) is 46.2. The van der Waals surface area contributed by atoms with Crippen LogP contribution in [-0.2, 0) is 47.9 Å². The molecule has 0 aromatic heterocycles. The lowest BCUT2D eigenvalue weighted by atomic mass is 10.0. The molecule has 9 amide bonds. The molecule has 0 spiro atoms. The molecule has 464 valence electrons. The van der Waals surface area contributed by atoms with Gasteiger partial charge in [0, 0.05) is 51.2 Å². The molecule has 33 N–H and O–H groups in total. The van der Waals surface area contributed by atoms with Crippen LogP contribution in [0, 0.1) is 0 Å². The van der Waals surface area contributed by atoms with Gasteiger partial charge in [0.05, 0.1) is 0 Å². The van der Waals surface area contributed by atoms with E-state index in [1.54, 1.807) is 0 Å². The van der Waals surface area contributed by atoms with Gasteiger partial charge in [-0.05, 0) is 78.1 Å². The van der Waals surface area contributed by atoms with E-state index < -0.39 is 114 Å². The summed E-state index contributed by atoms with van der Waals surface area (Å²) in [5, 5.41) is 29.3. The molecule has 82 heavy (non-hydrogen) atoms. The molecule has 0 saturated heterocycles. The molecule has 0 bridgehead atoms. The van der Waals surface area contributed by atoms with E-state index >= 15 is 0 Å². The van der Waals surface area contributed by atoms with Gasteiger partial charge in [-0.3, -0.25) is 72.9 Å². The fourth-order valence-electron chi connectivity index (χ4n) is 6.79. The minimum absolute atomic E-state index is 0.00105. The number of carboxylic acids is 1. The standard InChI is InChI=1S/C44H85N25O11S2/c1-21(32(72)66-27(11-6-16-59-42(51)52)35(75)65-25(31(46)71)9-4-14-57-40(47)48)62-34(74)26(10-5-15-58-41(49)50)68-37(77)29(13-8-18-61-44(55)56)69-36(76)28(12-7-17-60-43(53)54)67-33(73)22(2)63-38(78)30(64-23(3)70)20-82-81-19-24(45)39(79)80/h21-22,24-30H,4-20,45H2,1-3H3,(H2,46,71)(H,62,74)(H,63,78)(H,64,70)(H,65,75)(H,66,72)(H,67,73)(H,68,77)(H,69,76)(H,79,80)(H4,47,48,57)(H4,49,50,58)(H4,51,52,59)(H4,53,54,60)(H4,55,56,61)/t21-,22-,24+,25-,26-,27-,28-,29-,30-/m1/s1. The lowest BCUT2D eigenvalue weighted by Crippen LogP contribution is -2.60. The molecule has 0 aromatic carbocycles. The van der Waals surface area contributed by atoms with Crippen LogP contribution in [0.2, 0.25) is 0 Å². The Morgan fingerprint density at radius 3 is 0.915 bits per heavy atom. The molecule has 0 rings (SSSR count). The van der Waals surface area contributed by atoms with E-state index in [0.29, 0.717) is 0 Å². The molecule has 0 heterocycles. The van der Waals surface area contributed by atoms with Crippen molar-refractivity contribution in [3.8, 4) is 0 Å². The molecule has 0 saturated carbocycles. The normalized spacial score (nSPS) is 14.0. The summed E-state index contributed by atoms with van der Waals surface area (Å²) in [6, 6.07) is -11.9. The molecule has 0 aliphatic carbocycles. The molecular formula is C44H85N25O11S2. The maximum Gasteiger partial charge on any atom is 0.321 e. The average Bonchev–Trinajstić information content (AvgIpc) is 3.38. The summed E-state index contributed by atoms with van der Waals surface area (Å²) in [5.74, 6) is -10.0. The Bertz CT molecular complexity index is 2270. The molecule has 38 heteroatoms. The Morgan fingerprint density at radius 2 is 0.634 bits per heavy atom. The highest BCUT2D eigenvalue weighted by Crippen LogP contribution is 2.23. The van der Waals surface area contributed by atoms with Crippen molar-refractivity contribution in [2.24, 2.45) is 93.8 Å². The van der Waals surface area contributed by atoms with E-state index in [2.05, 4.69) is 67.5 Å². The highest BCUT2D eigenvalue weighted by molar-refractivity contribution is 8.76. The van der Waals surface area contributed by atoms with Crippen molar-refractivity contribution in [3.63, 3.8) is 0 Å². The van der Waals surface area contributed by atoms with Crippen LogP contribution in [0.5, 0.6) is 0 Å². The second-order valence-corrected chi connectivity index (χ2v) is 20.7. The van der Waals surface area contributed by atoms with Gasteiger partial charge in [0.1, 0.15) is 54.4 Å².